The summed E-state index contributed by atoms with van der Waals surface area (Å²) < 4.78 is 34.7. The molecule has 0 aliphatic carbocycles. The van der Waals surface area contributed by atoms with Gasteiger partial charge in [0.15, 0.2) is 0 Å². The van der Waals surface area contributed by atoms with Gasteiger partial charge in [0.1, 0.15) is 16.5 Å². The summed E-state index contributed by atoms with van der Waals surface area (Å²) >= 11 is 0. The summed E-state index contributed by atoms with van der Waals surface area (Å²) in [7, 11) is -2.49. The summed E-state index contributed by atoms with van der Waals surface area (Å²) in [5, 5.41) is 6.21. The Hall–Kier alpha value is -2.80. The molecule has 0 amide bonds. The van der Waals surface area contributed by atoms with Crippen LogP contribution in [0.1, 0.15) is 5.56 Å². The van der Waals surface area contributed by atoms with Crippen molar-refractivity contribution in [2.45, 2.75) is 5.75 Å². The molecule has 1 aromatic heterocycles. The number of benzene rings is 2. The standard InChI is InChI=1S/C17H13FN2O3S/c18-14-7-5-13(6-8-14)16-15(9-19-20-17(16)21)12-3-1-11(2-4-12)10-24(22)23/h1-9,24H,10H2,(H,20,21). The summed E-state index contributed by atoms with van der Waals surface area (Å²) in [6, 6.07) is 12.5. The molecule has 1 heterocycles. The molecule has 2 aromatic carbocycles. The highest BCUT2D eigenvalue weighted by Gasteiger charge is 2.12. The van der Waals surface area contributed by atoms with Crippen molar-refractivity contribution >= 4 is 10.7 Å². The third kappa shape index (κ3) is 3.41. The fourth-order valence-electron chi connectivity index (χ4n) is 2.46. The van der Waals surface area contributed by atoms with Gasteiger partial charge in [-0.15, -0.1) is 0 Å². The smallest absolute Gasteiger partial charge is 0.267 e. The molecule has 1 N–H and O–H groups in total. The summed E-state index contributed by atoms with van der Waals surface area (Å²) in [5.41, 5.74) is 2.54. The molecule has 0 aliphatic rings. The molecule has 0 atom stereocenters. The van der Waals surface area contributed by atoms with E-state index in [-0.39, 0.29) is 17.1 Å². The zero-order valence-corrected chi connectivity index (χ0v) is 13.3. The quantitative estimate of drug-likeness (QED) is 0.712. The Labute approximate surface area is 138 Å². The number of hydrogen-bond donors (Lipinski definition) is 2. The molecule has 0 saturated carbocycles. The van der Waals surface area contributed by atoms with Gasteiger partial charge in [-0.05, 0) is 28.8 Å². The number of H-pyrrole nitrogens is 1. The lowest BCUT2D eigenvalue weighted by atomic mass is 9.97. The number of aromatic amines is 1. The molecule has 24 heavy (non-hydrogen) atoms. The van der Waals surface area contributed by atoms with Gasteiger partial charge in [0, 0.05) is 5.56 Å². The Morgan fingerprint density at radius 3 is 2.21 bits per heavy atom. The highest BCUT2D eigenvalue weighted by atomic mass is 32.2. The van der Waals surface area contributed by atoms with E-state index in [0.29, 0.717) is 22.3 Å². The Balaban J connectivity index is 2.10. The van der Waals surface area contributed by atoms with Crippen LogP contribution in [0, 0.1) is 5.82 Å². The number of hydrogen-bond acceptors (Lipinski definition) is 4. The normalized spacial score (nSPS) is 10.9. The summed E-state index contributed by atoms with van der Waals surface area (Å²) in [6.07, 6.45) is 1.52. The first-order valence-electron chi connectivity index (χ1n) is 7.09. The Bertz CT molecular complexity index is 986. The van der Waals surface area contributed by atoms with Crippen LogP contribution < -0.4 is 5.56 Å². The minimum Gasteiger partial charge on any atom is -0.267 e. The van der Waals surface area contributed by atoms with Crippen LogP contribution in [0.3, 0.4) is 0 Å². The van der Waals surface area contributed by atoms with Crippen molar-refractivity contribution in [3.8, 4) is 22.3 Å². The molecule has 0 bridgehead atoms. The number of thiol groups is 1. The van der Waals surface area contributed by atoms with Gasteiger partial charge in [0.2, 0.25) is 0 Å². The minimum atomic E-state index is -2.49. The van der Waals surface area contributed by atoms with Crippen LogP contribution in [0.15, 0.2) is 59.5 Å². The Morgan fingerprint density at radius 2 is 1.58 bits per heavy atom. The van der Waals surface area contributed by atoms with Gasteiger partial charge in [-0.3, -0.25) is 4.79 Å². The lowest BCUT2D eigenvalue weighted by molar-refractivity contribution is 0.614. The van der Waals surface area contributed by atoms with Crippen LogP contribution in [-0.2, 0) is 16.5 Å². The third-order valence-electron chi connectivity index (χ3n) is 3.57. The summed E-state index contributed by atoms with van der Waals surface area (Å²) in [4.78, 5) is 12.2. The average Bonchev–Trinajstić information content (AvgIpc) is 2.56. The Morgan fingerprint density at radius 1 is 0.958 bits per heavy atom. The van der Waals surface area contributed by atoms with Gasteiger partial charge in [-0.2, -0.15) is 5.10 Å². The van der Waals surface area contributed by atoms with Crippen molar-refractivity contribution < 1.29 is 12.8 Å². The zero-order chi connectivity index (χ0) is 17.1. The van der Waals surface area contributed by atoms with Crippen molar-refractivity contribution in [1.29, 1.82) is 0 Å². The van der Waals surface area contributed by atoms with E-state index >= 15 is 0 Å². The van der Waals surface area contributed by atoms with E-state index in [1.807, 2.05) is 0 Å². The molecular weight excluding hydrogens is 331 g/mol. The first kappa shape index (κ1) is 16.1. The second-order valence-corrected chi connectivity index (χ2v) is 6.16. The number of nitrogens with one attached hydrogen (secondary N) is 1. The first-order chi connectivity index (χ1) is 11.5. The van der Waals surface area contributed by atoms with Gasteiger partial charge in [0.05, 0.1) is 17.5 Å². The summed E-state index contributed by atoms with van der Waals surface area (Å²) in [6.45, 7) is 0. The average molecular weight is 344 g/mol. The molecule has 3 rings (SSSR count). The molecule has 0 spiro atoms. The molecule has 0 aliphatic heterocycles. The van der Waals surface area contributed by atoms with Gasteiger partial charge in [-0.25, -0.2) is 17.9 Å². The fraction of sp³-hybridized carbons (Fsp3) is 0.0588. The van der Waals surface area contributed by atoms with E-state index in [9.17, 15) is 17.6 Å². The number of nitrogens with zero attached hydrogens (tertiary/aromatic N) is 1. The summed E-state index contributed by atoms with van der Waals surface area (Å²) in [5.74, 6) is -0.421. The van der Waals surface area contributed by atoms with Crippen LogP contribution in [0.5, 0.6) is 0 Å². The first-order valence-corrected chi connectivity index (χ1v) is 8.45. The van der Waals surface area contributed by atoms with Crippen LogP contribution in [-0.4, -0.2) is 18.6 Å². The van der Waals surface area contributed by atoms with Crippen LogP contribution in [0.4, 0.5) is 4.39 Å². The zero-order valence-electron chi connectivity index (χ0n) is 12.4. The number of rotatable bonds is 4. The van der Waals surface area contributed by atoms with Crippen molar-refractivity contribution in [1.82, 2.24) is 10.2 Å². The lowest BCUT2D eigenvalue weighted by Crippen LogP contribution is -2.12. The molecule has 5 nitrogen and oxygen atoms in total. The van der Waals surface area contributed by atoms with Crippen molar-refractivity contribution in [2.24, 2.45) is 0 Å². The van der Waals surface area contributed by atoms with Crippen molar-refractivity contribution in [3.05, 3.63) is 76.5 Å². The maximum absolute atomic E-state index is 13.1. The van der Waals surface area contributed by atoms with Crippen LogP contribution in [0.2, 0.25) is 0 Å². The third-order valence-corrected chi connectivity index (χ3v) is 4.19. The largest absolute Gasteiger partial charge is 0.272 e. The molecule has 0 saturated heterocycles. The van der Waals surface area contributed by atoms with E-state index in [1.54, 1.807) is 24.3 Å². The molecular formula is C17H13FN2O3S. The molecule has 7 heteroatoms. The highest BCUT2D eigenvalue weighted by Crippen LogP contribution is 2.28. The second-order valence-electron chi connectivity index (χ2n) is 5.18. The van der Waals surface area contributed by atoms with Gasteiger partial charge in [-0.1, -0.05) is 36.4 Å². The second kappa shape index (κ2) is 6.76. The van der Waals surface area contributed by atoms with Crippen LogP contribution in [0.25, 0.3) is 22.3 Å². The molecule has 0 radical (unpaired) electrons. The van der Waals surface area contributed by atoms with Gasteiger partial charge in [0.25, 0.3) is 5.56 Å². The SMILES string of the molecule is O=c1[nH]ncc(-c2ccc(C[SH](=O)=O)cc2)c1-c1ccc(F)cc1. The number of halogens is 1. The van der Waals surface area contributed by atoms with Crippen LogP contribution >= 0.6 is 0 Å². The van der Waals surface area contributed by atoms with E-state index in [0.717, 1.165) is 5.56 Å². The molecule has 0 fully saturated rings. The maximum atomic E-state index is 13.1. The minimum absolute atomic E-state index is 0.0337. The lowest BCUT2D eigenvalue weighted by Gasteiger charge is -2.09. The topological polar surface area (TPSA) is 79.9 Å². The van der Waals surface area contributed by atoms with E-state index < -0.39 is 10.7 Å². The molecule has 0 unspecified atom stereocenters. The van der Waals surface area contributed by atoms with Gasteiger partial charge >= 0.3 is 0 Å². The monoisotopic (exact) mass is 344 g/mol. The van der Waals surface area contributed by atoms with Crippen molar-refractivity contribution in [3.63, 3.8) is 0 Å². The molecule has 122 valence electrons. The predicted octanol–water partition coefficient (Wildman–Crippen LogP) is 2.35. The van der Waals surface area contributed by atoms with E-state index in [4.69, 9.17) is 0 Å². The number of aromatic nitrogens is 2. The molecule has 3 aromatic rings. The fourth-order valence-corrected chi connectivity index (χ4v) is 2.97. The Kier molecular flexibility index (Phi) is 4.52. The van der Waals surface area contributed by atoms with E-state index in [2.05, 4.69) is 10.2 Å². The maximum Gasteiger partial charge on any atom is 0.272 e. The predicted molar refractivity (Wildman–Crippen MR) is 89.7 cm³/mol. The van der Waals surface area contributed by atoms with Crippen molar-refractivity contribution in [2.75, 3.05) is 0 Å². The van der Waals surface area contributed by atoms with E-state index in [1.165, 1.54) is 30.5 Å². The van der Waals surface area contributed by atoms with Gasteiger partial charge < -0.3 is 0 Å². The highest BCUT2D eigenvalue weighted by molar-refractivity contribution is 7.71.